The molecule has 53 heavy (non-hydrogen) atoms. The molecular weight excluding hydrogens is 741 g/mol. The largest absolute Gasteiger partial charge is 1.00 e. The van der Waals surface area contributed by atoms with Gasteiger partial charge in [0.25, 0.3) is 11.8 Å². The van der Waals surface area contributed by atoms with Crippen LogP contribution in [0.15, 0.2) is 82.8 Å². The number of benzene rings is 4. The number of amides is 2. The number of carbonyl (C=O) groups is 2. The average molecular weight is 780 g/mol. The van der Waals surface area contributed by atoms with Crippen molar-refractivity contribution in [3.63, 3.8) is 0 Å². The number of anilines is 2. The maximum atomic E-state index is 12.5. The first-order chi connectivity index (χ1) is 24.4. The molecule has 4 aromatic rings. The summed E-state index contributed by atoms with van der Waals surface area (Å²) in [5.74, 6) is -0.0915. The number of likely N-dealkylation sites (N-methyl/N-ethyl adjacent to an activating group) is 2. The Kier molecular flexibility index (Phi) is 17.2. The first-order valence-electron chi connectivity index (χ1n) is 15.8. The predicted octanol–water partition coefficient (Wildman–Crippen LogP) is 9.31. The van der Waals surface area contributed by atoms with E-state index in [-0.39, 0.29) is 28.9 Å². The molecule has 0 atom stereocenters. The van der Waals surface area contributed by atoms with Gasteiger partial charge in [-0.15, -0.1) is 0 Å². The Morgan fingerprint density at radius 1 is 0.604 bits per heavy atom. The smallest absolute Gasteiger partial charge is 0.418 e. The van der Waals surface area contributed by atoms with E-state index in [1.54, 1.807) is 30.0 Å². The summed E-state index contributed by atoms with van der Waals surface area (Å²) in [6, 6.07) is 25.7. The van der Waals surface area contributed by atoms with Crippen LogP contribution in [0, 0.1) is 62.8 Å². The number of para-hydroxylation sites is 2. The minimum atomic E-state index is -6.00. The summed E-state index contributed by atoms with van der Waals surface area (Å²) in [4.78, 5) is 51.6. The maximum absolute atomic E-state index is 12.5. The molecule has 0 saturated carbocycles. The average Bonchev–Trinajstić information content (AvgIpc) is 3.45. The van der Waals surface area contributed by atoms with E-state index in [0.29, 0.717) is 11.4 Å². The molecule has 0 bridgehead atoms. The maximum Gasteiger partial charge on any atom is 1.00 e. The summed E-state index contributed by atoms with van der Waals surface area (Å²) in [5.41, 5.74) is 13.3. The van der Waals surface area contributed by atoms with Crippen LogP contribution in [0.2, 0.25) is 0 Å². The normalized spacial score (nSPS) is 13.8. The van der Waals surface area contributed by atoms with Gasteiger partial charge in [-0.3, -0.25) is 9.59 Å². The van der Waals surface area contributed by atoms with Gasteiger partial charge in [-0.05, 0) is 75.9 Å². The molecule has 0 saturated heterocycles. The summed E-state index contributed by atoms with van der Waals surface area (Å²) < 4.78 is 39.0. The molecule has 6 rings (SSSR count). The van der Waals surface area contributed by atoms with E-state index < -0.39 is 7.25 Å². The zero-order chi connectivity index (χ0) is 39.5. The van der Waals surface area contributed by atoms with Crippen molar-refractivity contribution in [3.8, 4) is 6.07 Å². The molecule has 9 nitrogen and oxygen atoms in total. The van der Waals surface area contributed by atoms with E-state index in [1.165, 1.54) is 18.1 Å². The molecule has 2 heterocycles. The van der Waals surface area contributed by atoms with Crippen LogP contribution in [0.5, 0.6) is 0 Å². The molecule has 0 aliphatic carbocycles. The van der Waals surface area contributed by atoms with Gasteiger partial charge in [0.2, 0.25) is 0 Å². The molecule has 0 spiro atoms. The van der Waals surface area contributed by atoms with Gasteiger partial charge in [-0.2, -0.15) is 5.26 Å². The number of aryl methyl sites for hydroxylation is 6. The van der Waals surface area contributed by atoms with Gasteiger partial charge in [0.1, 0.15) is 11.4 Å². The summed E-state index contributed by atoms with van der Waals surface area (Å²) >= 11 is 0. The number of hydrogen-bond acceptors (Lipinski definition) is 7. The molecule has 282 valence electrons. The fourth-order valence-electron chi connectivity index (χ4n) is 5.84. The fourth-order valence-corrected chi connectivity index (χ4v) is 5.84. The van der Waals surface area contributed by atoms with Gasteiger partial charge in [0.15, 0.2) is 0 Å². The molecular formula is C38H39BCuF4N5O4. The molecule has 0 aromatic heterocycles. The van der Waals surface area contributed by atoms with E-state index in [4.69, 9.17) is 25.2 Å². The number of fused-ring (bicyclic) bond motifs is 2. The Morgan fingerprint density at radius 2 is 0.849 bits per heavy atom. The fraction of sp³-hybridized carbons (Fsp3) is 0.237. The number of halogens is 4. The van der Waals surface area contributed by atoms with Crippen molar-refractivity contribution in [1.29, 1.82) is 5.26 Å². The molecule has 0 fully saturated rings. The number of hydrogen-bond donors (Lipinski definition) is 0. The summed E-state index contributed by atoms with van der Waals surface area (Å²) in [6.45, 7) is 13.7. The number of nitriles is 1. The molecule has 4 aromatic carbocycles. The zero-order valence-electron chi connectivity index (χ0n) is 30.7. The molecule has 0 radical (unpaired) electrons. The van der Waals surface area contributed by atoms with Crippen molar-refractivity contribution < 1.29 is 43.9 Å². The predicted molar refractivity (Wildman–Crippen MR) is 202 cm³/mol. The third kappa shape index (κ3) is 11.8. The molecule has 15 heteroatoms. The minimum Gasteiger partial charge on any atom is -0.418 e. The van der Waals surface area contributed by atoms with Gasteiger partial charge in [-0.1, -0.05) is 71.8 Å². The van der Waals surface area contributed by atoms with Crippen molar-refractivity contribution in [2.24, 2.45) is 9.98 Å². The van der Waals surface area contributed by atoms with Crippen LogP contribution >= 0.6 is 0 Å². The Morgan fingerprint density at radius 3 is 1.11 bits per heavy atom. The first-order valence-corrected chi connectivity index (χ1v) is 15.8. The van der Waals surface area contributed by atoms with Gasteiger partial charge in [-0.25, -0.2) is 9.98 Å². The van der Waals surface area contributed by atoms with Gasteiger partial charge in [0.05, 0.1) is 28.8 Å². The monoisotopic (exact) mass is 779 g/mol. The standard InChI is InChI=1S/2C18H18N2O.C2H3N.BF4.Cu.O2/c2*1-11-9-12(2)16(13(3)10-11)19-17-14-7-5-6-8-15(14)20(4)18(17)21;1-2-3;2-1(3,4)5;;1-2/h2*5-10H,1-4H3;1H3;;;/q;;;-1;+1;. The van der Waals surface area contributed by atoms with Crippen molar-refractivity contribution in [1.82, 2.24) is 0 Å². The van der Waals surface area contributed by atoms with Crippen molar-refractivity contribution in [2.45, 2.75) is 48.5 Å². The second-order valence-corrected chi connectivity index (χ2v) is 11.9. The second kappa shape index (κ2) is 20.0. The third-order valence-electron chi connectivity index (χ3n) is 7.77. The Labute approximate surface area is 317 Å². The quantitative estimate of drug-likeness (QED) is 0.148. The molecule has 0 unspecified atom stereocenters. The van der Waals surface area contributed by atoms with Crippen LogP contribution in [0.3, 0.4) is 0 Å². The topological polar surface area (TPSA) is 123 Å². The van der Waals surface area contributed by atoms with E-state index in [2.05, 4.69) is 38.1 Å². The van der Waals surface area contributed by atoms with Gasteiger partial charge >= 0.3 is 24.3 Å². The van der Waals surface area contributed by atoms with Crippen LogP contribution in [-0.2, 0) is 26.7 Å². The first kappa shape index (κ1) is 45.6. The number of aliphatic imine (C=N–C) groups is 2. The van der Waals surface area contributed by atoms with Crippen LogP contribution in [0.25, 0.3) is 0 Å². The number of nitrogens with zero attached hydrogens (tertiary/aromatic N) is 5. The van der Waals surface area contributed by atoms with Crippen molar-refractivity contribution >= 4 is 53.2 Å². The van der Waals surface area contributed by atoms with Crippen LogP contribution < -0.4 is 9.80 Å². The number of carbonyl (C=O) groups excluding carboxylic acids is 2. The Balaban J connectivity index is 0.000000419. The summed E-state index contributed by atoms with van der Waals surface area (Å²) in [7, 11) is -2.42. The molecule has 2 aliphatic rings. The molecule has 2 aliphatic heterocycles. The van der Waals surface area contributed by atoms with Crippen LogP contribution in [0.4, 0.5) is 40.0 Å². The van der Waals surface area contributed by atoms with Gasteiger partial charge in [0, 0.05) is 42.1 Å². The van der Waals surface area contributed by atoms with Gasteiger partial charge < -0.3 is 27.1 Å². The molecule has 0 N–H and O–H groups in total. The van der Waals surface area contributed by atoms with Crippen LogP contribution in [0.1, 0.15) is 51.4 Å². The van der Waals surface area contributed by atoms with Crippen LogP contribution in [-0.4, -0.2) is 44.6 Å². The van der Waals surface area contributed by atoms with Crippen molar-refractivity contribution in [3.05, 3.63) is 127 Å². The zero-order valence-corrected chi connectivity index (χ0v) is 31.6. The SMILES string of the molecule is CC#N.Cc1cc(C)c(N=C2C(=O)N(C)c3ccccc32)c(C)c1.Cc1cc(C)c(N=C2C(=O)N(C)c3ccccc32)c(C)c1.F[B-](F)(F)F.O=O.[Cu+]. The van der Waals surface area contributed by atoms with E-state index in [9.17, 15) is 26.9 Å². The summed E-state index contributed by atoms with van der Waals surface area (Å²) in [5, 5.41) is 7.32. The van der Waals surface area contributed by atoms with E-state index >= 15 is 0 Å². The second-order valence-electron chi connectivity index (χ2n) is 11.9. The van der Waals surface area contributed by atoms with Crippen molar-refractivity contribution in [2.75, 3.05) is 23.9 Å². The Hall–Kier alpha value is -5.45. The van der Waals surface area contributed by atoms with E-state index in [1.807, 2.05) is 76.2 Å². The minimum absolute atomic E-state index is 0. The number of rotatable bonds is 2. The molecule has 2 amide bonds. The summed E-state index contributed by atoms with van der Waals surface area (Å²) in [6.07, 6.45) is 0. The Bertz CT molecular complexity index is 1880. The third-order valence-corrected chi connectivity index (χ3v) is 7.77. The van der Waals surface area contributed by atoms with E-state index in [0.717, 1.165) is 56.1 Å².